The maximum atomic E-state index is 10.8. The maximum absolute atomic E-state index is 10.8. The molecule has 2 rings (SSSR count). The molecule has 0 unspecified atom stereocenters. The third kappa shape index (κ3) is 1.77. The second kappa shape index (κ2) is 3.70. The van der Waals surface area contributed by atoms with Crippen LogP contribution in [0.5, 0.6) is 0 Å². The highest BCUT2D eigenvalue weighted by molar-refractivity contribution is 9.10. The number of halogens is 1. The van der Waals surface area contributed by atoms with Crippen molar-refractivity contribution in [2.45, 2.75) is 13.3 Å². The highest BCUT2D eigenvalue weighted by Crippen LogP contribution is 2.25. The van der Waals surface area contributed by atoms with Crippen LogP contribution in [0.25, 0.3) is 10.9 Å². The minimum atomic E-state index is -0.927. The van der Waals surface area contributed by atoms with Gasteiger partial charge in [-0.05, 0) is 30.2 Å². The van der Waals surface area contributed by atoms with Crippen LogP contribution in [0.3, 0.4) is 0 Å². The molecule has 0 fully saturated rings. The van der Waals surface area contributed by atoms with Gasteiger partial charge in [0.25, 0.3) is 0 Å². The topological polar surface area (TPSA) is 53.1 Å². The molecule has 0 amide bonds. The Balaban J connectivity index is 2.74. The lowest BCUT2D eigenvalue weighted by molar-refractivity contribution is 0.0691. The molecule has 15 heavy (non-hydrogen) atoms. The fourth-order valence-electron chi connectivity index (χ4n) is 1.67. The summed E-state index contributed by atoms with van der Waals surface area (Å²) in [6.45, 7) is 2.04. The van der Waals surface area contributed by atoms with Gasteiger partial charge >= 0.3 is 5.97 Å². The number of hydrogen-bond acceptors (Lipinski definition) is 1. The molecule has 0 radical (unpaired) electrons. The van der Waals surface area contributed by atoms with Gasteiger partial charge in [0.15, 0.2) is 0 Å². The first-order chi connectivity index (χ1) is 7.11. The Hall–Kier alpha value is -1.29. The second-order valence-corrected chi connectivity index (χ2v) is 4.29. The molecule has 1 aromatic heterocycles. The van der Waals surface area contributed by atoms with Crippen LogP contribution >= 0.6 is 15.9 Å². The van der Waals surface area contributed by atoms with Gasteiger partial charge in [0.1, 0.15) is 5.69 Å². The number of hydrogen-bond donors (Lipinski definition) is 2. The lowest BCUT2D eigenvalue weighted by Crippen LogP contribution is -1.95. The number of fused-ring (bicyclic) bond motifs is 1. The fourth-order valence-corrected chi connectivity index (χ4v) is 2.20. The SMILES string of the molecule is CCc1cc(Br)cc2cc(C(=O)O)[nH]c12. The molecule has 1 aromatic carbocycles. The number of aromatic nitrogens is 1. The van der Waals surface area contributed by atoms with Crippen molar-refractivity contribution in [1.82, 2.24) is 4.98 Å². The minimum Gasteiger partial charge on any atom is -0.477 e. The van der Waals surface area contributed by atoms with Gasteiger partial charge in [-0.2, -0.15) is 0 Å². The van der Waals surface area contributed by atoms with Crippen LogP contribution in [0.4, 0.5) is 0 Å². The molecule has 4 heteroatoms. The largest absolute Gasteiger partial charge is 0.477 e. The molecular weight excluding hydrogens is 258 g/mol. The lowest BCUT2D eigenvalue weighted by Gasteiger charge is -2.00. The molecule has 0 bridgehead atoms. The van der Waals surface area contributed by atoms with Crippen LogP contribution in [-0.2, 0) is 6.42 Å². The number of carboxylic acids is 1. The van der Waals surface area contributed by atoms with Crippen molar-refractivity contribution in [3.63, 3.8) is 0 Å². The van der Waals surface area contributed by atoms with Crippen molar-refractivity contribution in [1.29, 1.82) is 0 Å². The molecule has 0 spiro atoms. The lowest BCUT2D eigenvalue weighted by atomic mass is 10.1. The summed E-state index contributed by atoms with van der Waals surface area (Å²) in [5, 5.41) is 9.81. The number of nitrogens with one attached hydrogen (secondary N) is 1. The molecular formula is C11H10BrNO2. The van der Waals surface area contributed by atoms with E-state index in [1.165, 1.54) is 0 Å². The van der Waals surface area contributed by atoms with Crippen LogP contribution in [0.1, 0.15) is 23.0 Å². The first-order valence-corrected chi connectivity index (χ1v) is 5.45. The van der Waals surface area contributed by atoms with Gasteiger partial charge in [-0.15, -0.1) is 0 Å². The molecule has 0 aliphatic heterocycles. The number of benzene rings is 1. The number of aryl methyl sites for hydroxylation is 1. The number of rotatable bonds is 2. The Kier molecular flexibility index (Phi) is 2.52. The number of carboxylic acid groups (broad SMARTS) is 1. The van der Waals surface area contributed by atoms with Gasteiger partial charge in [-0.3, -0.25) is 0 Å². The molecule has 1 heterocycles. The minimum absolute atomic E-state index is 0.234. The Morgan fingerprint density at radius 2 is 2.20 bits per heavy atom. The van der Waals surface area contributed by atoms with Crippen LogP contribution < -0.4 is 0 Å². The summed E-state index contributed by atoms with van der Waals surface area (Å²) in [6, 6.07) is 5.57. The Morgan fingerprint density at radius 1 is 1.47 bits per heavy atom. The third-order valence-corrected chi connectivity index (χ3v) is 2.84. The van der Waals surface area contributed by atoms with Crippen molar-refractivity contribution in [2.24, 2.45) is 0 Å². The summed E-state index contributed by atoms with van der Waals surface area (Å²) in [6.07, 6.45) is 0.871. The fraction of sp³-hybridized carbons (Fsp3) is 0.182. The quantitative estimate of drug-likeness (QED) is 0.878. The molecule has 0 aliphatic rings. The van der Waals surface area contributed by atoms with Crippen molar-refractivity contribution in [2.75, 3.05) is 0 Å². The Morgan fingerprint density at radius 3 is 2.80 bits per heavy atom. The van der Waals surface area contributed by atoms with E-state index in [0.29, 0.717) is 0 Å². The van der Waals surface area contributed by atoms with Gasteiger partial charge in [-0.25, -0.2) is 4.79 Å². The Bertz CT molecular complexity index is 531. The van der Waals surface area contributed by atoms with Gasteiger partial charge < -0.3 is 10.1 Å². The zero-order chi connectivity index (χ0) is 11.0. The normalized spacial score (nSPS) is 10.8. The van der Waals surface area contributed by atoms with E-state index in [2.05, 4.69) is 20.9 Å². The van der Waals surface area contributed by atoms with E-state index in [1.807, 2.05) is 19.1 Å². The maximum Gasteiger partial charge on any atom is 0.352 e. The van der Waals surface area contributed by atoms with Gasteiger partial charge in [-0.1, -0.05) is 22.9 Å². The van der Waals surface area contributed by atoms with Gasteiger partial charge in [0.05, 0.1) is 0 Å². The van der Waals surface area contributed by atoms with E-state index in [0.717, 1.165) is 27.4 Å². The predicted octanol–water partition coefficient (Wildman–Crippen LogP) is 3.19. The van der Waals surface area contributed by atoms with Crippen LogP contribution in [0.2, 0.25) is 0 Å². The van der Waals surface area contributed by atoms with E-state index in [4.69, 9.17) is 5.11 Å². The van der Waals surface area contributed by atoms with E-state index in [1.54, 1.807) is 6.07 Å². The third-order valence-electron chi connectivity index (χ3n) is 2.39. The van der Waals surface area contributed by atoms with Gasteiger partial charge in [0, 0.05) is 15.4 Å². The first kappa shape index (κ1) is 10.2. The molecule has 0 saturated heterocycles. The highest BCUT2D eigenvalue weighted by Gasteiger charge is 2.10. The van der Waals surface area contributed by atoms with Gasteiger partial charge in [0.2, 0.25) is 0 Å². The molecule has 0 aliphatic carbocycles. The number of aromatic carboxylic acids is 1. The van der Waals surface area contributed by atoms with E-state index in [-0.39, 0.29) is 5.69 Å². The number of aromatic amines is 1. The smallest absolute Gasteiger partial charge is 0.352 e. The average molecular weight is 268 g/mol. The summed E-state index contributed by atoms with van der Waals surface area (Å²) in [7, 11) is 0. The van der Waals surface area contributed by atoms with Crippen molar-refractivity contribution in [3.05, 3.63) is 33.9 Å². The number of carbonyl (C=O) groups is 1. The number of H-pyrrole nitrogens is 1. The zero-order valence-electron chi connectivity index (χ0n) is 8.17. The van der Waals surface area contributed by atoms with Crippen LogP contribution in [0.15, 0.2) is 22.7 Å². The van der Waals surface area contributed by atoms with Crippen LogP contribution in [-0.4, -0.2) is 16.1 Å². The van der Waals surface area contributed by atoms with Crippen LogP contribution in [0, 0.1) is 0 Å². The molecule has 2 N–H and O–H groups in total. The summed E-state index contributed by atoms with van der Waals surface area (Å²) >= 11 is 3.41. The Labute approximate surface area is 95.2 Å². The standard InChI is InChI=1S/C11H10BrNO2/c1-2-6-3-8(12)4-7-5-9(11(14)15)13-10(6)7/h3-5,13H,2H2,1H3,(H,14,15). The van der Waals surface area contributed by atoms with E-state index < -0.39 is 5.97 Å². The molecule has 78 valence electrons. The molecule has 0 saturated carbocycles. The molecule has 0 atom stereocenters. The van der Waals surface area contributed by atoms with E-state index >= 15 is 0 Å². The monoisotopic (exact) mass is 267 g/mol. The summed E-state index contributed by atoms with van der Waals surface area (Å²) in [5.74, 6) is -0.927. The summed E-state index contributed by atoms with van der Waals surface area (Å²) < 4.78 is 0.975. The van der Waals surface area contributed by atoms with Crippen molar-refractivity contribution >= 4 is 32.8 Å². The predicted molar refractivity (Wildman–Crippen MR) is 62.3 cm³/mol. The summed E-state index contributed by atoms with van der Waals surface area (Å²) in [4.78, 5) is 13.7. The first-order valence-electron chi connectivity index (χ1n) is 4.66. The zero-order valence-corrected chi connectivity index (χ0v) is 9.76. The van der Waals surface area contributed by atoms with Crippen molar-refractivity contribution in [3.8, 4) is 0 Å². The molecule has 3 nitrogen and oxygen atoms in total. The highest BCUT2D eigenvalue weighted by atomic mass is 79.9. The van der Waals surface area contributed by atoms with E-state index in [9.17, 15) is 4.79 Å². The second-order valence-electron chi connectivity index (χ2n) is 3.37. The summed E-state index contributed by atoms with van der Waals surface area (Å²) in [5.41, 5.74) is 2.27. The average Bonchev–Trinajstić information content (AvgIpc) is 2.59. The van der Waals surface area contributed by atoms with Crippen molar-refractivity contribution < 1.29 is 9.90 Å². The molecule has 2 aromatic rings.